The Morgan fingerprint density at radius 3 is 2.43 bits per heavy atom. The second-order valence-electron chi connectivity index (χ2n) is 6.75. The van der Waals surface area contributed by atoms with Gasteiger partial charge in [-0.15, -0.1) is 0 Å². The minimum Gasteiger partial charge on any atom is -0.494 e. The zero-order valence-electron chi connectivity index (χ0n) is 16.2. The first-order valence-corrected chi connectivity index (χ1v) is 9.36. The second-order valence-corrected chi connectivity index (χ2v) is 6.75. The van der Waals surface area contributed by atoms with Gasteiger partial charge in [0.15, 0.2) is 0 Å². The Kier molecular flexibility index (Phi) is 7.99. The molecule has 0 aromatic heterocycles. The molecule has 0 bridgehead atoms. The summed E-state index contributed by atoms with van der Waals surface area (Å²) in [6.45, 7) is 4.25. The number of rotatable bonds is 10. The third-order valence-corrected chi connectivity index (χ3v) is 4.54. The first kappa shape index (κ1) is 21.4. The standard InChI is InChI=1S/C22H26FNO4/c1-3-28-18-10-8-16(9-11-18)13-17(22(26)27)14-24-21(25)12-15(2)19-6-4-5-7-20(19)23/h4-11,15,17H,3,12-14H2,1-2H3,(H,24,25)(H,26,27). The number of hydrogen-bond acceptors (Lipinski definition) is 3. The van der Waals surface area contributed by atoms with E-state index < -0.39 is 11.9 Å². The van der Waals surface area contributed by atoms with Gasteiger partial charge in [0.2, 0.25) is 5.91 Å². The van der Waals surface area contributed by atoms with Crippen LogP contribution in [0.3, 0.4) is 0 Å². The van der Waals surface area contributed by atoms with E-state index in [4.69, 9.17) is 4.74 Å². The summed E-state index contributed by atoms with van der Waals surface area (Å²) in [5.74, 6) is -1.93. The Labute approximate surface area is 164 Å². The maximum absolute atomic E-state index is 13.8. The number of benzene rings is 2. The fourth-order valence-electron chi connectivity index (χ4n) is 2.99. The normalized spacial score (nSPS) is 12.8. The van der Waals surface area contributed by atoms with E-state index in [-0.39, 0.29) is 30.6 Å². The molecule has 5 nitrogen and oxygen atoms in total. The molecule has 0 fully saturated rings. The number of amides is 1. The second kappa shape index (κ2) is 10.4. The first-order valence-electron chi connectivity index (χ1n) is 9.36. The Hall–Kier alpha value is -2.89. The van der Waals surface area contributed by atoms with E-state index in [1.807, 2.05) is 19.1 Å². The van der Waals surface area contributed by atoms with Crippen molar-refractivity contribution in [2.75, 3.05) is 13.2 Å². The molecule has 2 atom stereocenters. The van der Waals surface area contributed by atoms with Crippen LogP contribution >= 0.6 is 0 Å². The van der Waals surface area contributed by atoms with Gasteiger partial charge in [-0.25, -0.2) is 4.39 Å². The molecule has 2 rings (SSSR count). The number of aliphatic carboxylic acids is 1. The molecule has 0 spiro atoms. The van der Waals surface area contributed by atoms with Crippen molar-refractivity contribution in [1.82, 2.24) is 5.32 Å². The van der Waals surface area contributed by atoms with Crippen molar-refractivity contribution in [2.24, 2.45) is 5.92 Å². The maximum Gasteiger partial charge on any atom is 0.308 e. The number of carboxylic acid groups (broad SMARTS) is 1. The van der Waals surface area contributed by atoms with Crippen LogP contribution in [-0.4, -0.2) is 30.1 Å². The van der Waals surface area contributed by atoms with E-state index in [0.717, 1.165) is 11.3 Å². The van der Waals surface area contributed by atoms with Crippen molar-refractivity contribution in [3.8, 4) is 5.75 Å². The molecule has 0 aliphatic heterocycles. The molecule has 150 valence electrons. The molecule has 2 unspecified atom stereocenters. The van der Waals surface area contributed by atoms with Gasteiger partial charge in [-0.3, -0.25) is 9.59 Å². The van der Waals surface area contributed by atoms with Gasteiger partial charge in [0, 0.05) is 13.0 Å². The molecule has 2 aromatic carbocycles. The summed E-state index contributed by atoms with van der Waals surface area (Å²) in [7, 11) is 0. The average molecular weight is 387 g/mol. The molecular formula is C22H26FNO4. The van der Waals surface area contributed by atoms with Crippen LogP contribution in [0.25, 0.3) is 0 Å². The summed E-state index contributed by atoms with van der Waals surface area (Å²) in [5.41, 5.74) is 1.33. The summed E-state index contributed by atoms with van der Waals surface area (Å²) in [5, 5.41) is 12.1. The van der Waals surface area contributed by atoms with Crippen molar-refractivity contribution in [3.05, 3.63) is 65.5 Å². The van der Waals surface area contributed by atoms with Crippen LogP contribution in [0, 0.1) is 11.7 Å². The van der Waals surface area contributed by atoms with E-state index in [9.17, 15) is 19.1 Å². The smallest absolute Gasteiger partial charge is 0.308 e. The van der Waals surface area contributed by atoms with Crippen molar-refractivity contribution in [2.45, 2.75) is 32.6 Å². The molecular weight excluding hydrogens is 361 g/mol. The third-order valence-electron chi connectivity index (χ3n) is 4.54. The molecule has 0 aliphatic carbocycles. The quantitative estimate of drug-likeness (QED) is 0.651. The SMILES string of the molecule is CCOc1ccc(CC(CNC(=O)CC(C)c2ccccc2F)C(=O)O)cc1. The van der Waals surface area contributed by atoms with E-state index in [2.05, 4.69) is 5.32 Å². The van der Waals surface area contributed by atoms with Gasteiger partial charge < -0.3 is 15.2 Å². The van der Waals surface area contributed by atoms with Crippen LogP contribution in [0.1, 0.15) is 37.3 Å². The molecule has 0 radical (unpaired) electrons. The first-order chi connectivity index (χ1) is 13.4. The molecule has 2 aromatic rings. The predicted molar refractivity (Wildman–Crippen MR) is 105 cm³/mol. The van der Waals surface area contributed by atoms with E-state index in [1.54, 1.807) is 37.3 Å². The van der Waals surface area contributed by atoms with Crippen LogP contribution in [-0.2, 0) is 16.0 Å². The average Bonchev–Trinajstić information content (AvgIpc) is 2.66. The zero-order chi connectivity index (χ0) is 20.5. The molecule has 0 aliphatic rings. The molecule has 28 heavy (non-hydrogen) atoms. The Morgan fingerprint density at radius 2 is 1.82 bits per heavy atom. The fraction of sp³-hybridized carbons (Fsp3) is 0.364. The van der Waals surface area contributed by atoms with Gasteiger partial charge >= 0.3 is 5.97 Å². The van der Waals surface area contributed by atoms with Crippen molar-refractivity contribution in [3.63, 3.8) is 0 Å². The van der Waals surface area contributed by atoms with E-state index in [0.29, 0.717) is 18.6 Å². The minimum atomic E-state index is -0.976. The number of carboxylic acids is 1. The molecule has 6 heteroatoms. The Morgan fingerprint density at radius 1 is 1.14 bits per heavy atom. The summed E-state index contributed by atoms with van der Waals surface area (Å²) in [4.78, 5) is 23.7. The Balaban J connectivity index is 1.89. The summed E-state index contributed by atoms with van der Waals surface area (Å²) in [6.07, 6.45) is 0.390. The number of ether oxygens (including phenoxy) is 1. The highest BCUT2D eigenvalue weighted by Crippen LogP contribution is 2.21. The summed E-state index contributed by atoms with van der Waals surface area (Å²) >= 11 is 0. The van der Waals surface area contributed by atoms with Crippen LogP contribution in [0.15, 0.2) is 48.5 Å². The fourth-order valence-corrected chi connectivity index (χ4v) is 2.99. The maximum atomic E-state index is 13.8. The number of carbonyl (C=O) groups is 2. The van der Waals surface area contributed by atoms with Crippen molar-refractivity contribution in [1.29, 1.82) is 0 Å². The zero-order valence-corrected chi connectivity index (χ0v) is 16.2. The van der Waals surface area contributed by atoms with Gasteiger partial charge in [0.05, 0.1) is 12.5 Å². The van der Waals surface area contributed by atoms with Gasteiger partial charge in [0.25, 0.3) is 0 Å². The number of halogens is 1. The van der Waals surface area contributed by atoms with Crippen LogP contribution in [0.2, 0.25) is 0 Å². The highest BCUT2D eigenvalue weighted by molar-refractivity contribution is 5.78. The van der Waals surface area contributed by atoms with Gasteiger partial charge in [-0.1, -0.05) is 37.3 Å². The van der Waals surface area contributed by atoms with E-state index in [1.165, 1.54) is 6.07 Å². The van der Waals surface area contributed by atoms with Crippen LogP contribution < -0.4 is 10.1 Å². The summed E-state index contributed by atoms with van der Waals surface area (Å²) in [6, 6.07) is 13.6. The summed E-state index contributed by atoms with van der Waals surface area (Å²) < 4.78 is 19.2. The predicted octanol–water partition coefficient (Wildman–Crippen LogP) is 3.78. The van der Waals surface area contributed by atoms with Gasteiger partial charge in [-0.2, -0.15) is 0 Å². The van der Waals surface area contributed by atoms with Crippen LogP contribution in [0.4, 0.5) is 4.39 Å². The van der Waals surface area contributed by atoms with Crippen LogP contribution in [0.5, 0.6) is 5.75 Å². The minimum absolute atomic E-state index is 0.0192. The molecule has 1 amide bonds. The van der Waals surface area contributed by atoms with Crippen molar-refractivity contribution < 1.29 is 23.8 Å². The number of carbonyl (C=O) groups excluding carboxylic acids is 1. The molecule has 0 heterocycles. The highest BCUT2D eigenvalue weighted by atomic mass is 19.1. The van der Waals surface area contributed by atoms with Crippen molar-refractivity contribution >= 4 is 11.9 Å². The van der Waals surface area contributed by atoms with Gasteiger partial charge in [-0.05, 0) is 48.6 Å². The lowest BCUT2D eigenvalue weighted by Crippen LogP contribution is -2.34. The largest absolute Gasteiger partial charge is 0.494 e. The highest BCUT2D eigenvalue weighted by Gasteiger charge is 2.20. The molecule has 0 saturated heterocycles. The van der Waals surface area contributed by atoms with Gasteiger partial charge in [0.1, 0.15) is 11.6 Å². The molecule has 0 saturated carbocycles. The number of nitrogens with one attached hydrogen (secondary N) is 1. The molecule has 2 N–H and O–H groups in total. The lowest BCUT2D eigenvalue weighted by Gasteiger charge is -2.16. The lowest BCUT2D eigenvalue weighted by molar-refractivity contribution is -0.141. The lowest BCUT2D eigenvalue weighted by atomic mass is 9.96. The topological polar surface area (TPSA) is 75.6 Å². The monoisotopic (exact) mass is 387 g/mol. The number of hydrogen-bond donors (Lipinski definition) is 2. The Bertz CT molecular complexity index is 791. The third kappa shape index (κ3) is 6.37. The van der Waals surface area contributed by atoms with E-state index >= 15 is 0 Å².